The van der Waals surface area contributed by atoms with E-state index in [-0.39, 0.29) is 18.1 Å². The molecule has 0 radical (unpaired) electrons. The number of aromatic nitrogens is 2. The van der Waals surface area contributed by atoms with Crippen molar-refractivity contribution in [3.63, 3.8) is 0 Å². The lowest BCUT2D eigenvalue weighted by Crippen LogP contribution is -2.46. The predicted octanol–water partition coefficient (Wildman–Crippen LogP) is 4.41. The molecule has 0 bridgehead atoms. The van der Waals surface area contributed by atoms with Gasteiger partial charge in [-0.05, 0) is 38.5 Å². The second kappa shape index (κ2) is 9.79. The largest absolute Gasteiger partial charge is 0.415 e. The maximum Gasteiger partial charge on any atom is 0.308 e. The first-order valence-electron chi connectivity index (χ1n) is 11.6. The summed E-state index contributed by atoms with van der Waals surface area (Å²) in [5.74, 6) is 1.43. The standard InChI is InChI=1S/C23H34N4O3S/c1-5-29-22(27-10-6-7-11-27)17-8-12-26(13-9-17)20-19-18(15(2)3)23(30-16(4)28)31-21(19)25-14-24-20/h14-15,17,22H,5-13H2,1-4H3. The average Bonchev–Trinajstić information content (AvgIpc) is 3.39. The monoisotopic (exact) mass is 446 g/mol. The van der Waals surface area contributed by atoms with Crippen molar-refractivity contribution < 1.29 is 14.3 Å². The fraction of sp³-hybridized carbons (Fsp3) is 0.696. The highest BCUT2D eigenvalue weighted by atomic mass is 32.1. The topological polar surface area (TPSA) is 67.8 Å². The van der Waals surface area contributed by atoms with Gasteiger partial charge in [0, 0.05) is 51.2 Å². The minimum absolute atomic E-state index is 0.211. The summed E-state index contributed by atoms with van der Waals surface area (Å²) in [6.45, 7) is 12.8. The van der Waals surface area contributed by atoms with Crippen molar-refractivity contribution in [1.82, 2.24) is 14.9 Å². The van der Waals surface area contributed by atoms with Crippen LogP contribution in [0, 0.1) is 5.92 Å². The predicted molar refractivity (Wildman–Crippen MR) is 124 cm³/mol. The fourth-order valence-corrected chi connectivity index (χ4v) is 6.18. The Morgan fingerprint density at radius 3 is 2.52 bits per heavy atom. The Kier molecular flexibility index (Phi) is 7.08. The van der Waals surface area contributed by atoms with Crippen LogP contribution in [0.25, 0.3) is 10.2 Å². The number of thiophene rings is 1. The maximum atomic E-state index is 11.6. The van der Waals surface area contributed by atoms with Crippen molar-refractivity contribution in [3.05, 3.63) is 11.9 Å². The van der Waals surface area contributed by atoms with Crippen molar-refractivity contribution in [2.45, 2.75) is 65.5 Å². The summed E-state index contributed by atoms with van der Waals surface area (Å²) in [6, 6.07) is 0. The van der Waals surface area contributed by atoms with E-state index in [4.69, 9.17) is 9.47 Å². The van der Waals surface area contributed by atoms with Crippen LogP contribution in [0.15, 0.2) is 6.33 Å². The number of hydrogen-bond acceptors (Lipinski definition) is 8. The van der Waals surface area contributed by atoms with Gasteiger partial charge in [0.1, 0.15) is 23.2 Å². The number of ether oxygens (including phenoxy) is 2. The van der Waals surface area contributed by atoms with Gasteiger partial charge in [0.2, 0.25) is 0 Å². The van der Waals surface area contributed by atoms with Crippen LogP contribution in [-0.2, 0) is 9.53 Å². The number of rotatable bonds is 7. The minimum atomic E-state index is -0.298. The normalized spacial score (nSPS) is 19.5. The van der Waals surface area contributed by atoms with Gasteiger partial charge in [0.25, 0.3) is 0 Å². The Bertz CT molecular complexity index is 902. The van der Waals surface area contributed by atoms with Gasteiger partial charge in [-0.15, -0.1) is 0 Å². The van der Waals surface area contributed by atoms with Crippen molar-refractivity contribution >= 4 is 33.3 Å². The van der Waals surface area contributed by atoms with Gasteiger partial charge in [-0.1, -0.05) is 25.2 Å². The molecule has 1 unspecified atom stereocenters. The van der Waals surface area contributed by atoms with E-state index in [0.29, 0.717) is 11.0 Å². The van der Waals surface area contributed by atoms with Crippen molar-refractivity contribution in [3.8, 4) is 5.06 Å². The summed E-state index contributed by atoms with van der Waals surface area (Å²) in [5, 5.41) is 1.69. The first-order valence-corrected chi connectivity index (χ1v) is 12.4. The molecular formula is C23H34N4O3S. The molecule has 4 rings (SSSR count). The van der Waals surface area contributed by atoms with Gasteiger partial charge in [0.05, 0.1) is 5.39 Å². The molecule has 2 aliphatic rings. The van der Waals surface area contributed by atoms with E-state index in [1.165, 1.54) is 31.1 Å². The summed E-state index contributed by atoms with van der Waals surface area (Å²) >= 11 is 1.44. The van der Waals surface area contributed by atoms with Gasteiger partial charge < -0.3 is 14.4 Å². The molecule has 4 heterocycles. The van der Waals surface area contributed by atoms with Gasteiger partial charge in [-0.2, -0.15) is 0 Å². The van der Waals surface area contributed by atoms with Gasteiger partial charge in [0.15, 0.2) is 5.06 Å². The zero-order chi connectivity index (χ0) is 22.0. The quantitative estimate of drug-likeness (QED) is 0.583. The molecule has 0 aliphatic carbocycles. The van der Waals surface area contributed by atoms with Crippen LogP contribution in [0.4, 0.5) is 5.82 Å². The van der Waals surface area contributed by atoms with E-state index in [0.717, 1.165) is 67.2 Å². The number of carbonyl (C=O) groups excluding carboxylic acids is 1. The Hall–Kier alpha value is -1.77. The smallest absolute Gasteiger partial charge is 0.308 e. The number of piperidine rings is 1. The van der Waals surface area contributed by atoms with Crippen molar-refractivity contribution in [2.24, 2.45) is 5.92 Å². The number of anilines is 1. The summed E-state index contributed by atoms with van der Waals surface area (Å²) in [7, 11) is 0. The third-order valence-corrected chi connectivity index (χ3v) is 7.36. The van der Waals surface area contributed by atoms with Gasteiger partial charge in [-0.3, -0.25) is 9.69 Å². The van der Waals surface area contributed by atoms with Gasteiger partial charge >= 0.3 is 5.97 Å². The summed E-state index contributed by atoms with van der Waals surface area (Å²) < 4.78 is 11.7. The minimum Gasteiger partial charge on any atom is -0.415 e. The summed E-state index contributed by atoms with van der Waals surface area (Å²) in [4.78, 5) is 26.6. The fourth-order valence-electron chi connectivity index (χ4n) is 4.99. The van der Waals surface area contributed by atoms with E-state index in [2.05, 4.69) is 40.5 Å². The maximum absolute atomic E-state index is 11.6. The molecule has 0 N–H and O–H groups in total. The lowest BCUT2D eigenvalue weighted by molar-refractivity contribution is -0.131. The third kappa shape index (κ3) is 4.71. The molecule has 7 nitrogen and oxygen atoms in total. The molecule has 0 aromatic carbocycles. The molecule has 2 aromatic rings. The van der Waals surface area contributed by atoms with Crippen LogP contribution in [0.5, 0.6) is 5.06 Å². The molecule has 0 spiro atoms. The van der Waals surface area contributed by atoms with Crippen molar-refractivity contribution in [1.29, 1.82) is 0 Å². The van der Waals surface area contributed by atoms with Crippen LogP contribution in [0.2, 0.25) is 0 Å². The molecular weight excluding hydrogens is 412 g/mol. The molecule has 2 fully saturated rings. The number of carbonyl (C=O) groups is 1. The van der Waals surface area contributed by atoms with Crippen molar-refractivity contribution in [2.75, 3.05) is 37.7 Å². The number of hydrogen-bond donors (Lipinski definition) is 0. The van der Waals surface area contributed by atoms with Crippen LogP contribution in [0.3, 0.4) is 0 Å². The Morgan fingerprint density at radius 2 is 1.90 bits per heavy atom. The molecule has 8 heteroatoms. The van der Waals surface area contributed by atoms with Crippen LogP contribution < -0.4 is 9.64 Å². The second-order valence-corrected chi connectivity index (χ2v) is 9.80. The molecule has 31 heavy (non-hydrogen) atoms. The molecule has 0 saturated carbocycles. The SMILES string of the molecule is CCOC(C1CCN(c2ncnc3sc(OC(C)=O)c(C(C)C)c23)CC1)N1CCCC1. The number of esters is 1. The average molecular weight is 447 g/mol. The van der Waals surface area contributed by atoms with Crippen LogP contribution in [-0.4, -0.2) is 59.9 Å². The van der Waals surface area contributed by atoms with Crippen LogP contribution >= 0.6 is 11.3 Å². The molecule has 1 atom stereocenters. The summed E-state index contributed by atoms with van der Waals surface area (Å²) in [5.41, 5.74) is 1.04. The van der Waals surface area contributed by atoms with Gasteiger partial charge in [-0.25, -0.2) is 9.97 Å². The van der Waals surface area contributed by atoms with E-state index in [9.17, 15) is 4.79 Å². The summed E-state index contributed by atoms with van der Waals surface area (Å²) in [6.07, 6.45) is 6.61. The lowest BCUT2D eigenvalue weighted by Gasteiger charge is -2.40. The Balaban J connectivity index is 1.57. The van der Waals surface area contributed by atoms with E-state index >= 15 is 0 Å². The number of fused-ring (bicyclic) bond motifs is 1. The molecule has 2 aromatic heterocycles. The third-order valence-electron chi connectivity index (χ3n) is 6.37. The zero-order valence-electron chi connectivity index (χ0n) is 19.1. The Labute approximate surface area is 188 Å². The number of likely N-dealkylation sites (tertiary alicyclic amines) is 1. The van der Waals surface area contributed by atoms with E-state index in [1.807, 2.05) is 0 Å². The van der Waals surface area contributed by atoms with E-state index in [1.54, 1.807) is 6.33 Å². The van der Waals surface area contributed by atoms with Crippen LogP contribution in [0.1, 0.15) is 64.9 Å². The number of nitrogens with zero attached hydrogens (tertiary/aromatic N) is 4. The lowest BCUT2D eigenvalue weighted by atomic mass is 9.93. The first kappa shape index (κ1) is 22.4. The Morgan fingerprint density at radius 1 is 1.19 bits per heavy atom. The highest BCUT2D eigenvalue weighted by Gasteiger charge is 2.34. The van der Waals surface area contributed by atoms with E-state index < -0.39 is 0 Å². The zero-order valence-corrected chi connectivity index (χ0v) is 19.9. The molecule has 2 saturated heterocycles. The molecule has 2 aliphatic heterocycles. The molecule has 0 amide bonds. The second-order valence-electron chi connectivity index (χ2n) is 8.84. The first-order chi connectivity index (χ1) is 15.0. The highest BCUT2D eigenvalue weighted by molar-refractivity contribution is 7.20. The highest BCUT2D eigenvalue weighted by Crippen LogP contribution is 2.45. The molecule has 170 valence electrons.